The molecule has 20 heavy (non-hydrogen) atoms. The summed E-state index contributed by atoms with van der Waals surface area (Å²) in [6, 6.07) is 5.61. The van der Waals surface area contributed by atoms with Crippen molar-refractivity contribution in [1.82, 2.24) is 10.2 Å². The van der Waals surface area contributed by atoms with Crippen molar-refractivity contribution in [3.8, 4) is 5.75 Å². The molecule has 2 aliphatic heterocycles. The van der Waals surface area contributed by atoms with Gasteiger partial charge in [0.15, 0.2) is 0 Å². The van der Waals surface area contributed by atoms with Crippen molar-refractivity contribution < 1.29 is 14.3 Å². The second-order valence-electron chi connectivity index (χ2n) is 5.53. The molecule has 0 aliphatic carbocycles. The Morgan fingerprint density at radius 3 is 2.85 bits per heavy atom. The molecule has 2 heterocycles. The normalized spacial score (nSPS) is 24.5. The van der Waals surface area contributed by atoms with Crippen LogP contribution in [0.15, 0.2) is 18.2 Å². The maximum absolute atomic E-state index is 12.6. The number of carbonyl (C=O) groups is 2. The van der Waals surface area contributed by atoms with E-state index in [4.69, 9.17) is 4.74 Å². The zero-order chi connectivity index (χ0) is 14.3. The fourth-order valence-corrected chi connectivity index (χ4v) is 3.08. The molecule has 0 aromatic heterocycles. The molecule has 0 unspecified atom stereocenters. The van der Waals surface area contributed by atoms with Crippen molar-refractivity contribution in [2.75, 3.05) is 20.2 Å². The van der Waals surface area contributed by atoms with Gasteiger partial charge in [-0.25, -0.2) is 0 Å². The van der Waals surface area contributed by atoms with E-state index >= 15 is 0 Å². The first-order chi connectivity index (χ1) is 9.58. The van der Waals surface area contributed by atoms with Crippen LogP contribution in [0, 0.1) is 12.8 Å². The number of nitrogens with zero attached hydrogens (tertiary/aromatic N) is 1. The minimum atomic E-state index is 0.0359. The zero-order valence-electron chi connectivity index (χ0n) is 11.7. The van der Waals surface area contributed by atoms with Gasteiger partial charge in [-0.3, -0.25) is 9.59 Å². The largest absolute Gasteiger partial charge is 0.497 e. The molecule has 3 rings (SSSR count). The summed E-state index contributed by atoms with van der Waals surface area (Å²) in [7, 11) is 1.61. The molecule has 5 nitrogen and oxygen atoms in total. The highest BCUT2D eigenvalue weighted by Gasteiger charge is 2.41. The maximum Gasteiger partial charge on any atom is 0.254 e. The molecule has 2 aliphatic rings. The first-order valence-corrected chi connectivity index (χ1v) is 6.82. The van der Waals surface area contributed by atoms with Crippen LogP contribution in [0.3, 0.4) is 0 Å². The lowest BCUT2D eigenvalue weighted by molar-refractivity contribution is -0.119. The predicted octanol–water partition coefficient (Wildman–Crippen LogP) is 0.964. The molecule has 1 aromatic rings. The fraction of sp³-hybridized carbons (Fsp3) is 0.467. The van der Waals surface area contributed by atoms with Gasteiger partial charge in [-0.15, -0.1) is 0 Å². The van der Waals surface area contributed by atoms with Gasteiger partial charge in [0.25, 0.3) is 5.91 Å². The average Bonchev–Trinajstić information content (AvgIpc) is 2.94. The average molecular weight is 274 g/mol. The van der Waals surface area contributed by atoms with E-state index < -0.39 is 0 Å². The Morgan fingerprint density at radius 1 is 1.40 bits per heavy atom. The number of amides is 2. The highest BCUT2D eigenvalue weighted by Crippen LogP contribution is 2.27. The molecule has 2 amide bonds. The highest BCUT2D eigenvalue weighted by atomic mass is 16.5. The number of benzene rings is 1. The molecule has 2 atom stereocenters. The zero-order valence-corrected chi connectivity index (χ0v) is 11.7. The number of fused-ring (bicyclic) bond motifs is 1. The lowest BCUT2D eigenvalue weighted by Gasteiger charge is -2.18. The van der Waals surface area contributed by atoms with E-state index in [1.54, 1.807) is 13.2 Å². The van der Waals surface area contributed by atoms with Crippen molar-refractivity contribution in [1.29, 1.82) is 0 Å². The summed E-state index contributed by atoms with van der Waals surface area (Å²) in [5.41, 5.74) is 1.62. The van der Waals surface area contributed by atoms with E-state index in [0.717, 1.165) is 11.3 Å². The molecule has 2 fully saturated rings. The lowest BCUT2D eigenvalue weighted by Crippen LogP contribution is -2.35. The second kappa shape index (κ2) is 4.81. The van der Waals surface area contributed by atoms with E-state index in [-0.39, 0.29) is 23.8 Å². The topological polar surface area (TPSA) is 58.6 Å². The van der Waals surface area contributed by atoms with Crippen molar-refractivity contribution in [3.63, 3.8) is 0 Å². The van der Waals surface area contributed by atoms with Crippen LogP contribution in [-0.2, 0) is 4.79 Å². The highest BCUT2D eigenvalue weighted by molar-refractivity contribution is 5.96. The Morgan fingerprint density at radius 2 is 2.20 bits per heavy atom. The molecular weight excluding hydrogens is 256 g/mol. The monoisotopic (exact) mass is 274 g/mol. The molecule has 5 heteroatoms. The summed E-state index contributed by atoms with van der Waals surface area (Å²) in [4.78, 5) is 25.7. The Hall–Kier alpha value is -2.04. The molecule has 1 aromatic carbocycles. The number of carbonyl (C=O) groups excluding carboxylic acids is 2. The summed E-state index contributed by atoms with van der Waals surface area (Å²) in [6.45, 7) is 3.18. The number of nitrogens with one attached hydrogen (secondary N) is 1. The third-order valence-corrected chi connectivity index (χ3v) is 4.19. The lowest BCUT2D eigenvalue weighted by atomic mass is 10.1. The van der Waals surface area contributed by atoms with Gasteiger partial charge in [-0.05, 0) is 30.7 Å². The summed E-state index contributed by atoms with van der Waals surface area (Å²) < 4.78 is 5.16. The number of rotatable bonds is 2. The third kappa shape index (κ3) is 2.13. The predicted molar refractivity (Wildman–Crippen MR) is 73.7 cm³/mol. The van der Waals surface area contributed by atoms with E-state index in [0.29, 0.717) is 25.1 Å². The van der Waals surface area contributed by atoms with Crippen molar-refractivity contribution in [2.45, 2.75) is 19.4 Å². The Kier molecular flexibility index (Phi) is 3.12. The van der Waals surface area contributed by atoms with Gasteiger partial charge < -0.3 is 15.0 Å². The van der Waals surface area contributed by atoms with Gasteiger partial charge in [0.1, 0.15) is 5.75 Å². The Bertz CT molecular complexity index is 554. The smallest absolute Gasteiger partial charge is 0.254 e. The molecular formula is C15H18N2O3. The van der Waals surface area contributed by atoms with Crippen LogP contribution in [0.1, 0.15) is 22.3 Å². The first kappa shape index (κ1) is 13.0. The fourth-order valence-electron chi connectivity index (χ4n) is 3.08. The maximum atomic E-state index is 12.6. The number of ether oxygens (including phenoxy) is 1. The quantitative estimate of drug-likeness (QED) is 0.874. The first-order valence-electron chi connectivity index (χ1n) is 6.82. The number of likely N-dealkylation sites (tertiary alicyclic amines) is 1. The number of aryl methyl sites for hydroxylation is 1. The van der Waals surface area contributed by atoms with Gasteiger partial charge in [0.2, 0.25) is 5.91 Å². The van der Waals surface area contributed by atoms with Gasteiger partial charge in [-0.2, -0.15) is 0 Å². The van der Waals surface area contributed by atoms with Crippen LogP contribution in [-0.4, -0.2) is 43.0 Å². The van der Waals surface area contributed by atoms with Crippen LogP contribution in [0.25, 0.3) is 0 Å². The molecule has 2 saturated heterocycles. The molecule has 0 saturated carbocycles. The van der Waals surface area contributed by atoms with Crippen molar-refractivity contribution in [3.05, 3.63) is 29.3 Å². The summed E-state index contributed by atoms with van der Waals surface area (Å²) in [6.07, 6.45) is 0.538. The molecule has 106 valence electrons. The SMILES string of the molecule is COc1ccc(C(=O)N2C[C@@H]3CC(=O)N[C@@H]3C2)c(C)c1. The van der Waals surface area contributed by atoms with Crippen LogP contribution in [0.5, 0.6) is 5.75 Å². The second-order valence-corrected chi connectivity index (χ2v) is 5.53. The molecule has 1 N–H and O–H groups in total. The van der Waals surface area contributed by atoms with Crippen LogP contribution in [0.2, 0.25) is 0 Å². The number of methoxy groups -OCH3 is 1. The summed E-state index contributed by atoms with van der Waals surface area (Å²) in [5, 5.41) is 2.93. The standard InChI is InChI=1S/C15H18N2O3/c1-9-5-11(20-2)3-4-12(9)15(19)17-7-10-6-14(18)16-13(10)8-17/h3-5,10,13H,6-8H2,1-2H3,(H,16,18)/t10-,13+/m0/s1. The van der Waals surface area contributed by atoms with E-state index in [9.17, 15) is 9.59 Å². The Labute approximate surface area is 117 Å². The van der Waals surface area contributed by atoms with Crippen LogP contribution in [0.4, 0.5) is 0 Å². The molecule has 0 radical (unpaired) electrons. The Balaban J connectivity index is 1.76. The summed E-state index contributed by atoms with van der Waals surface area (Å²) in [5.74, 6) is 1.16. The van der Waals surface area contributed by atoms with Crippen LogP contribution >= 0.6 is 0 Å². The van der Waals surface area contributed by atoms with Gasteiger partial charge >= 0.3 is 0 Å². The van der Waals surface area contributed by atoms with Crippen molar-refractivity contribution >= 4 is 11.8 Å². The minimum absolute atomic E-state index is 0.0359. The number of hydrogen-bond acceptors (Lipinski definition) is 3. The summed E-state index contributed by atoms with van der Waals surface area (Å²) >= 11 is 0. The number of hydrogen-bond donors (Lipinski definition) is 1. The van der Waals surface area contributed by atoms with E-state index in [1.165, 1.54) is 0 Å². The van der Waals surface area contributed by atoms with Gasteiger partial charge in [0, 0.05) is 31.0 Å². The van der Waals surface area contributed by atoms with Crippen LogP contribution < -0.4 is 10.1 Å². The van der Waals surface area contributed by atoms with Gasteiger partial charge in [0.05, 0.1) is 13.2 Å². The minimum Gasteiger partial charge on any atom is -0.497 e. The molecule has 0 bridgehead atoms. The van der Waals surface area contributed by atoms with Gasteiger partial charge in [-0.1, -0.05) is 0 Å². The van der Waals surface area contributed by atoms with E-state index in [2.05, 4.69) is 5.32 Å². The van der Waals surface area contributed by atoms with Crippen molar-refractivity contribution in [2.24, 2.45) is 5.92 Å². The third-order valence-electron chi connectivity index (χ3n) is 4.19. The van der Waals surface area contributed by atoms with E-state index in [1.807, 2.05) is 24.0 Å². The molecule has 0 spiro atoms.